The largest absolute Gasteiger partial charge is 0.350 e. The number of carbonyl (C=O) groups is 2. The van der Waals surface area contributed by atoms with Crippen molar-refractivity contribution >= 4 is 51.7 Å². The number of hydrogen-bond donors (Lipinski definition) is 1. The van der Waals surface area contributed by atoms with E-state index in [1.807, 2.05) is 6.92 Å². The van der Waals surface area contributed by atoms with Gasteiger partial charge in [0.1, 0.15) is 17.3 Å². The first-order chi connectivity index (χ1) is 13.9. The fourth-order valence-corrected chi connectivity index (χ4v) is 3.94. The van der Waals surface area contributed by atoms with Crippen LogP contribution in [0.2, 0.25) is 5.02 Å². The van der Waals surface area contributed by atoms with Crippen LogP contribution in [0.3, 0.4) is 0 Å². The third kappa shape index (κ3) is 3.43. The number of amides is 2. The first-order valence-electron chi connectivity index (χ1n) is 8.52. The molecule has 1 N–H and O–H groups in total. The summed E-state index contributed by atoms with van der Waals surface area (Å²) in [6.45, 7) is 1.84. The van der Waals surface area contributed by atoms with Crippen molar-refractivity contribution in [1.29, 1.82) is 0 Å². The molecule has 0 unspecified atom stereocenters. The summed E-state index contributed by atoms with van der Waals surface area (Å²) in [5, 5.41) is 5.21. The first-order valence-corrected chi connectivity index (χ1v) is 9.77. The van der Waals surface area contributed by atoms with Crippen molar-refractivity contribution in [2.24, 2.45) is 0 Å². The summed E-state index contributed by atoms with van der Waals surface area (Å²) < 4.78 is 27.6. The van der Waals surface area contributed by atoms with E-state index in [9.17, 15) is 18.4 Å². The smallest absolute Gasteiger partial charge is 0.282 e. The number of rotatable bonds is 4. The van der Waals surface area contributed by atoms with Crippen molar-refractivity contribution in [3.8, 4) is 0 Å². The van der Waals surface area contributed by atoms with Crippen LogP contribution in [0.25, 0.3) is 5.57 Å². The number of carbonyl (C=O) groups excluding carboxylic acids is 2. The molecule has 146 valence electrons. The molecule has 8 heteroatoms. The van der Waals surface area contributed by atoms with E-state index in [1.165, 1.54) is 11.3 Å². The molecule has 1 aliphatic rings. The van der Waals surface area contributed by atoms with Gasteiger partial charge in [-0.05, 0) is 48.2 Å². The summed E-state index contributed by atoms with van der Waals surface area (Å²) in [6.07, 6.45) is 0. The second-order valence-corrected chi connectivity index (χ2v) is 7.71. The minimum Gasteiger partial charge on any atom is -0.350 e. The minimum atomic E-state index is -1.00. The number of imide groups is 1. The zero-order valence-electron chi connectivity index (χ0n) is 15.0. The van der Waals surface area contributed by atoms with Crippen molar-refractivity contribution < 1.29 is 18.4 Å². The van der Waals surface area contributed by atoms with E-state index in [0.29, 0.717) is 26.6 Å². The van der Waals surface area contributed by atoms with Gasteiger partial charge < -0.3 is 5.32 Å². The number of thiophene rings is 1. The molecular weight excluding hydrogens is 418 g/mol. The lowest BCUT2D eigenvalue weighted by Gasteiger charge is -2.16. The average molecular weight is 431 g/mol. The number of hydrogen-bond acceptors (Lipinski definition) is 4. The molecule has 1 aliphatic heterocycles. The van der Waals surface area contributed by atoms with E-state index in [2.05, 4.69) is 5.32 Å². The molecule has 0 saturated heterocycles. The van der Waals surface area contributed by atoms with Crippen LogP contribution in [-0.4, -0.2) is 11.8 Å². The lowest BCUT2D eigenvalue weighted by molar-refractivity contribution is -0.120. The van der Waals surface area contributed by atoms with E-state index >= 15 is 0 Å². The molecule has 0 fully saturated rings. The van der Waals surface area contributed by atoms with Gasteiger partial charge >= 0.3 is 0 Å². The van der Waals surface area contributed by atoms with E-state index in [1.54, 1.807) is 35.7 Å². The summed E-state index contributed by atoms with van der Waals surface area (Å²) in [7, 11) is 0. The zero-order valence-corrected chi connectivity index (χ0v) is 16.6. The Bertz CT molecular complexity index is 1180. The summed E-state index contributed by atoms with van der Waals surface area (Å²) in [4.78, 5) is 27.5. The summed E-state index contributed by atoms with van der Waals surface area (Å²) >= 11 is 7.43. The third-order valence-corrected chi connectivity index (χ3v) is 5.74. The number of benzene rings is 2. The molecule has 4 nitrogen and oxygen atoms in total. The number of halogens is 3. The van der Waals surface area contributed by atoms with Crippen LogP contribution in [0, 0.1) is 18.6 Å². The molecule has 0 bridgehead atoms. The quantitative estimate of drug-likeness (QED) is 0.565. The van der Waals surface area contributed by atoms with E-state index in [0.717, 1.165) is 17.7 Å². The van der Waals surface area contributed by atoms with Crippen LogP contribution >= 0.6 is 22.9 Å². The Morgan fingerprint density at radius 3 is 2.48 bits per heavy atom. The Morgan fingerprint density at radius 2 is 1.83 bits per heavy atom. The highest BCUT2D eigenvalue weighted by Gasteiger charge is 2.41. The lowest BCUT2D eigenvalue weighted by Crippen LogP contribution is -2.33. The van der Waals surface area contributed by atoms with Gasteiger partial charge in [-0.25, -0.2) is 13.7 Å². The predicted octanol–water partition coefficient (Wildman–Crippen LogP) is 5.38. The molecular formula is C21H13ClF2N2O2S. The minimum absolute atomic E-state index is 0.00101. The van der Waals surface area contributed by atoms with Gasteiger partial charge in [0.2, 0.25) is 0 Å². The maximum Gasteiger partial charge on any atom is 0.282 e. The van der Waals surface area contributed by atoms with Gasteiger partial charge in [0.15, 0.2) is 0 Å². The molecule has 3 aromatic rings. The van der Waals surface area contributed by atoms with Gasteiger partial charge in [-0.3, -0.25) is 9.59 Å². The lowest BCUT2D eigenvalue weighted by atomic mass is 10.1. The first kappa shape index (κ1) is 19.3. The van der Waals surface area contributed by atoms with Gasteiger partial charge in [-0.15, -0.1) is 11.3 Å². The second-order valence-electron chi connectivity index (χ2n) is 6.36. The van der Waals surface area contributed by atoms with Crippen LogP contribution in [0.1, 0.15) is 10.4 Å². The van der Waals surface area contributed by atoms with Gasteiger partial charge in [-0.1, -0.05) is 23.7 Å². The molecule has 0 saturated carbocycles. The standard InChI is InChI=1S/C21H13ClF2N2O2S/c1-11-4-6-13(10-14(11)22)25-19-18(17-3-2-8-29-17)20(27)26(21(19)28)16-7-5-12(23)9-15(16)24/h2-10,25H,1H3. The Kier molecular flexibility index (Phi) is 4.94. The van der Waals surface area contributed by atoms with Crippen molar-refractivity contribution in [2.75, 3.05) is 10.2 Å². The number of aryl methyl sites for hydroxylation is 1. The molecule has 0 atom stereocenters. The molecule has 1 aromatic heterocycles. The van der Waals surface area contributed by atoms with Gasteiger partial charge in [-0.2, -0.15) is 0 Å². The van der Waals surface area contributed by atoms with Crippen molar-refractivity contribution in [3.05, 3.63) is 86.7 Å². The fourth-order valence-electron chi connectivity index (χ4n) is 2.99. The highest BCUT2D eigenvalue weighted by molar-refractivity contribution is 7.11. The normalized spacial score (nSPS) is 14.1. The SMILES string of the molecule is Cc1ccc(NC2=C(c3cccs3)C(=O)N(c3ccc(F)cc3F)C2=O)cc1Cl. The number of anilines is 2. The van der Waals surface area contributed by atoms with Crippen LogP contribution in [0.4, 0.5) is 20.2 Å². The van der Waals surface area contributed by atoms with Crippen molar-refractivity contribution in [1.82, 2.24) is 0 Å². The van der Waals surface area contributed by atoms with E-state index in [4.69, 9.17) is 11.6 Å². The van der Waals surface area contributed by atoms with Gasteiger partial charge in [0, 0.05) is 21.7 Å². The summed E-state index contributed by atoms with van der Waals surface area (Å²) in [5.74, 6) is -3.23. The van der Waals surface area contributed by atoms with Crippen LogP contribution < -0.4 is 10.2 Å². The summed E-state index contributed by atoms with van der Waals surface area (Å²) in [6, 6.07) is 11.3. The van der Waals surface area contributed by atoms with E-state index < -0.39 is 23.4 Å². The summed E-state index contributed by atoms with van der Waals surface area (Å²) in [5.41, 5.74) is 1.17. The molecule has 2 aromatic carbocycles. The number of nitrogens with zero attached hydrogens (tertiary/aromatic N) is 1. The van der Waals surface area contributed by atoms with Crippen LogP contribution in [0.15, 0.2) is 59.6 Å². The molecule has 2 amide bonds. The Morgan fingerprint density at radius 1 is 1.03 bits per heavy atom. The fraction of sp³-hybridized carbons (Fsp3) is 0.0476. The molecule has 0 spiro atoms. The van der Waals surface area contributed by atoms with Crippen molar-refractivity contribution in [3.63, 3.8) is 0 Å². The predicted molar refractivity (Wildman–Crippen MR) is 110 cm³/mol. The molecule has 29 heavy (non-hydrogen) atoms. The zero-order chi connectivity index (χ0) is 20.7. The van der Waals surface area contributed by atoms with E-state index in [-0.39, 0.29) is 17.0 Å². The molecule has 2 heterocycles. The Balaban J connectivity index is 1.81. The molecule has 0 radical (unpaired) electrons. The maximum atomic E-state index is 14.3. The average Bonchev–Trinajstić information content (AvgIpc) is 3.27. The second kappa shape index (κ2) is 7.42. The Labute approximate surface area is 174 Å². The van der Waals surface area contributed by atoms with Crippen LogP contribution in [-0.2, 0) is 9.59 Å². The molecule has 4 rings (SSSR count). The molecule has 0 aliphatic carbocycles. The van der Waals surface area contributed by atoms with Crippen molar-refractivity contribution in [2.45, 2.75) is 6.92 Å². The topological polar surface area (TPSA) is 49.4 Å². The Hall–Kier alpha value is -3.03. The highest BCUT2D eigenvalue weighted by atomic mass is 35.5. The number of nitrogens with one attached hydrogen (secondary N) is 1. The third-order valence-electron chi connectivity index (χ3n) is 4.44. The van der Waals surface area contributed by atoms with Gasteiger partial charge in [0.05, 0.1) is 11.3 Å². The van der Waals surface area contributed by atoms with Gasteiger partial charge in [0.25, 0.3) is 11.8 Å². The van der Waals surface area contributed by atoms with Crippen LogP contribution in [0.5, 0.6) is 0 Å². The maximum absolute atomic E-state index is 14.3. The monoisotopic (exact) mass is 430 g/mol. The highest BCUT2D eigenvalue weighted by Crippen LogP contribution is 2.36.